The number of benzene rings is 1. The Balaban J connectivity index is 0.00000361. The lowest BCUT2D eigenvalue weighted by atomic mass is 10.1. The third kappa shape index (κ3) is 6.74. The molecule has 3 nitrogen and oxygen atoms in total. The molecular weight excluding hydrogens is 395 g/mol. The summed E-state index contributed by atoms with van der Waals surface area (Å²) in [4.78, 5) is 4.03. The fourth-order valence-electron chi connectivity index (χ4n) is 1.57. The Bertz CT molecular complexity index is 410. The van der Waals surface area contributed by atoms with Gasteiger partial charge in [-0.3, -0.25) is 4.99 Å². The molecule has 20 heavy (non-hydrogen) atoms. The van der Waals surface area contributed by atoms with E-state index < -0.39 is 11.6 Å². The summed E-state index contributed by atoms with van der Waals surface area (Å²) in [5, 5.41) is 6.14. The smallest absolute Gasteiger partial charge is 0.191 e. The van der Waals surface area contributed by atoms with Gasteiger partial charge >= 0.3 is 0 Å². The van der Waals surface area contributed by atoms with E-state index in [-0.39, 0.29) is 36.0 Å². The predicted octanol–water partition coefficient (Wildman–Crippen LogP) is 2.65. The van der Waals surface area contributed by atoms with Gasteiger partial charge in [-0.15, -0.1) is 24.0 Å². The topological polar surface area (TPSA) is 36.4 Å². The summed E-state index contributed by atoms with van der Waals surface area (Å²) in [5.41, 5.74) is 0.106. The molecule has 0 radical (unpaired) electrons. The van der Waals surface area contributed by atoms with E-state index in [9.17, 15) is 8.78 Å². The SMILES string of the molecule is CN=C(NCCSC)NCCc1c(F)cccc1F.I. The van der Waals surface area contributed by atoms with Gasteiger partial charge in [0.25, 0.3) is 0 Å². The van der Waals surface area contributed by atoms with Crippen LogP contribution in [0.3, 0.4) is 0 Å². The molecular formula is C13H20F2IN3S. The van der Waals surface area contributed by atoms with Crippen molar-refractivity contribution in [1.82, 2.24) is 10.6 Å². The molecule has 0 aromatic heterocycles. The third-order valence-electron chi connectivity index (χ3n) is 2.55. The first-order chi connectivity index (χ1) is 9.19. The molecule has 0 unspecified atom stereocenters. The van der Waals surface area contributed by atoms with Crippen LogP contribution < -0.4 is 10.6 Å². The second-order valence-corrected chi connectivity index (χ2v) is 4.85. The largest absolute Gasteiger partial charge is 0.356 e. The molecule has 0 aliphatic carbocycles. The normalized spacial score (nSPS) is 10.9. The van der Waals surface area contributed by atoms with Crippen LogP contribution in [0.2, 0.25) is 0 Å². The van der Waals surface area contributed by atoms with Gasteiger partial charge in [-0.05, 0) is 24.8 Å². The van der Waals surface area contributed by atoms with Crippen LogP contribution in [-0.2, 0) is 6.42 Å². The molecule has 0 fully saturated rings. The van der Waals surface area contributed by atoms with Gasteiger partial charge in [-0.25, -0.2) is 8.78 Å². The van der Waals surface area contributed by atoms with Crippen LogP contribution >= 0.6 is 35.7 Å². The highest BCUT2D eigenvalue weighted by Crippen LogP contribution is 2.11. The van der Waals surface area contributed by atoms with Crippen molar-refractivity contribution < 1.29 is 8.78 Å². The van der Waals surface area contributed by atoms with Crippen molar-refractivity contribution >= 4 is 41.7 Å². The molecule has 0 bridgehead atoms. The van der Waals surface area contributed by atoms with Gasteiger partial charge in [0.15, 0.2) is 5.96 Å². The molecule has 7 heteroatoms. The number of nitrogens with zero attached hydrogens (tertiary/aromatic N) is 1. The Morgan fingerprint density at radius 3 is 2.35 bits per heavy atom. The van der Waals surface area contributed by atoms with E-state index in [1.807, 2.05) is 6.26 Å². The minimum atomic E-state index is -0.507. The van der Waals surface area contributed by atoms with E-state index in [0.29, 0.717) is 12.5 Å². The average molecular weight is 415 g/mol. The highest BCUT2D eigenvalue weighted by atomic mass is 127. The number of hydrogen-bond donors (Lipinski definition) is 2. The van der Waals surface area contributed by atoms with Gasteiger partial charge in [0.1, 0.15) is 11.6 Å². The summed E-state index contributed by atoms with van der Waals surface area (Å²) in [7, 11) is 1.66. The molecule has 0 aliphatic heterocycles. The Morgan fingerprint density at radius 2 is 1.80 bits per heavy atom. The number of thioether (sulfide) groups is 1. The van der Waals surface area contributed by atoms with Gasteiger partial charge in [-0.2, -0.15) is 11.8 Å². The molecule has 0 aliphatic rings. The van der Waals surface area contributed by atoms with Crippen LogP contribution in [0.1, 0.15) is 5.56 Å². The maximum Gasteiger partial charge on any atom is 0.191 e. The first-order valence-electron chi connectivity index (χ1n) is 6.05. The molecule has 1 aromatic rings. The van der Waals surface area contributed by atoms with E-state index in [2.05, 4.69) is 15.6 Å². The second-order valence-electron chi connectivity index (χ2n) is 3.87. The van der Waals surface area contributed by atoms with E-state index in [1.165, 1.54) is 18.2 Å². The van der Waals surface area contributed by atoms with Crippen LogP contribution in [0.15, 0.2) is 23.2 Å². The summed E-state index contributed by atoms with van der Waals surface area (Å²) >= 11 is 1.73. The summed E-state index contributed by atoms with van der Waals surface area (Å²) in [6, 6.07) is 3.90. The van der Waals surface area contributed by atoms with E-state index in [1.54, 1.807) is 18.8 Å². The number of aliphatic imine (C=N–C) groups is 1. The molecule has 1 aromatic carbocycles. The van der Waals surface area contributed by atoms with Crippen molar-refractivity contribution in [3.63, 3.8) is 0 Å². The van der Waals surface area contributed by atoms with Crippen LogP contribution in [-0.4, -0.2) is 38.1 Å². The lowest BCUT2D eigenvalue weighted by Crippen LogP contribution is -2.39. The number of guanidine groups is 1. The molecule has 0 atom stereocenters. The molecule has 1 rings (SSSR count). The predicted molar refractivity (Wildman–Crippen MR) is 93.2 cm³/mol. The average Bonchev–Trinajstić information content (AvgIpc) is 2.40. The van der Waals surface area contributed by atoms with Crippen molar-refractivity contribution in [2.75, 3.05) is 32.1 Å². The highest BCUT2D eigenvalue weighted by molar-refractivity contribution is 14.0. The van der Waals surface area contributed by atoms with Gasteiger partial charge in [0.2, 0.25) is 0 Å². The van der Waals surface area contributed by atoms with Crippen molar-refractivity contribution in [2.24, 2.45) is 4.99 Å². The Labute approximate surface area is 140 Å². The van der Waals surface area contributed by atoms with Crippen LogP contribution in [0.4, 0.5) is 8.78 Å². The molecule has 114 valence electrons. The zero-order valence-electron chi connectivity index (χ0n) is 11.6. The number of nitrogens with one attached hydrogen (secondary N) is 2. The van der Waals surface area contributed by atoms with E-state index in [4.69, 9.17) is 0 Å². The van der Waals surface area contributed by atoms with Crippen molar-refractivity contribution in [3.05, 3.63) is 35.4 Å². The van der Waals surface area contributed by atoms with Gasteiger partial charge in [0, 0.05) is 31.5 Å². The zero-order chi connectivity index (χ0) is 14.1. The summed E-state index contributed by atoms with van der Waals surface area (Å²) in [5.74, 6) is 0.605. The van der Waals surface area contributed by atoms with Gasteiger partial charge < -0.3 is 10.6 Å². The number of hydrogen-bond acceptors (Lipinski definition) is 2. The third-order valence-corrected chi connectivity index (χ3v) is 3.16. The van der Waals surface area contributed by atoms with E-state index in [0.717, 1.165) is 12.3 Å². The van der Waals surface area contributed by atoms with Gasteiger partial charge in [0.05, 0.1) is 0 Å². The fraction of sp³-hybridized carbons (Fsp3) is 0.462. The molecule has 0 heterocycles. The first kappa shape index (κ1) is 19.4. The summed E-state index contributed by atoms with van der Waals surface area (Å²) < 4.78 is 26.8. The Morgan fingerprint density at radius 1 is 1.20 bits per heavy atom. The van der Waals surface area contributed by atoms with Crippen molar-refractivity contribution in [3.8, 4) is 0 Å². The fourth-order valence-corrected chi connectivity index (χ4v) is 1.88. The molecule has 2 N–H and O–H groups in total. The Hall–Kier alpha value is -0.570. The number of rotatable bonds is 6. The van der Waals surface area contributed by atoms with Crippen molar-refractivity contribution in [1.29, 1.82) is 0 Å². The minimum Gasteiger partial charge on any atom is -0.356 e. The van der Waals surface area contributed by atoms with Gasteiger partial charge in [-0.1, -0.05) is 6.07 Å². The quantitative estimate of drug-likeness (QED) is 0.325. The lowest BCUT2D eigenvalue weighted by molar-refractivity contribution is 0.553. The zero-order valence-corrected chi connectivity index (χ0v) is 14.7. The second kappa shape index (κ2) is 11.1. The molecule has 0 saturated carbocycles. The number of halogens is 3. The van der Waals surface area contributed by atoms with Crippen LogP contribution in [0, 0.1) is 11.6 Å². The van der Waals surface area contributed by atoms with Crippen LogP contribution in [0.5, 0.6) is 0 Å². The maximum atomic E-state index is 13.4. The standard InChI is InChI=1S/C13H19F2N3S.HI/c1-16-13(18-8-9-19-2)17-7-6-10-11(14)4-3-5-12(10)15;/h3-5H,6-9H2,1-2H3,(H2,16,17,18);1H. The lowest BCUT2D eigenvalue weighted by Gasteiger charge is -2.11. The van der Waals surface area contributed by atoms with E-state index >= 15 is 0 Å². The molecule has 0 saturated heterocycles. The molecule has 0 amide bonds. The monoisotopic (exact) mass is 415 g/mol. The van der Waals surface area contributed by atoms with Crippen LogP contribution in [0.25, 0.3) is 0 Å². The summed E-state index contributed by atoms with van der Waals surface area (Å²) in [6.07, 6.45) is 2.31. The Kier molecular flexibility index (Phi) is 10.8. The molecule has 0 spiro atoms. The highest BCUT2D eigenvalue weighted by Gasteiger charge is 2.07. The maximum absolute atomic E-state index is 13.4. The first-order valence-corrected chi connectivity index (χ1v) is 7.44. The summed E-state index contributed by atoms with van der Waals surface area (Å²) in [6.45, 7) is 1.23. The minimum absolute atomic E-state index is 0. The van der Waals surface area contributed by atoms with Crippen molar-refractivity contribution in [2.45, 2.75) is 6.42 Å².